The molecule has 0 spiro atoms. The first kappa shape index (κ1) is 14.3. The van der Waals surface area contributed by atoms with Crippen molar-refractivity contribution in [2.75, 3.05) is 10.6 Å². The second kappa shape index (κ2) is 6.43. The third-order valence-electron chi connectivity index (χ3n) is 3.45. The number of hydrogen-bond acceptors (Lipinski definition) is 4. The lowest BCUT2D eigenvalue weighted by atomic mass is 10.1. The van der Waals surface area contributed by atoms with Gasteiger partial charge in [-0.25, -0.2) is 4.79 Å². The summed E-state index contributed by atoms with van der Waals surface area (Å²) in [6.45, 7) is 2.12. The number of carbonyl (C=O) groups is 1. The van der Waals surface area contributed by atoms with Crippen molar-refractivity contribution in [3.63, 3.8) is 0 Å². The number of hydrogen-bond donors (Lipinski definition) is 3. The molecule has 3 N–H and O–H groups in total. The summed E-state index contributed by atoms with van der Waals surface area (Å²) in [6.07, 6.45) is 3.13. The molecule has 22 heavy (non-hydrogen) atoms. The minimum Gasteiger partial charge on any atom is -0.339 e. The van der Waals surface area contributed by atoms with E-state index in [1.807, 2.05) is 12.1 Å². The highest BCUT2D eigenvalue weighted by Gasteiger charge is 2.23. The average molecular weight is 297 g/mol. The molecular formula is C16H19N5O. The summed E-state index contributed by atoms with van der Waals surface area (Å²) in [5, 5.41) is 16.7. The third-order valence-corrected chi connectivity index (χ3v) is 3.45. The summed E-state index contributed by atoms with van der Waals surface area (Å²) in [7, 11) is 0. The van der Waals surface area contributed by atoms with Gasteiger partial charge >= 0.3 is 6.03 Å². The van der Waals surface area contributed by atoms with Gasteiger partial charge in [0.25, 0.3) is 0 Å². The Hall–Kier alpha value is -2.63. The van der Waals surface area contributed by atoms with Gasteiger partial charge < -0.3 is 10.6 Å². The molecule has 1 heterocycles. The Morgan fingerprint density at radius 1 is 1.09 bits per heavy atom. The first-order chi connectivity index (χ1) is 10.7. The van der Waals surface area contributed by atoms with Crippen LogP contribution in [-0.4, -0.2) is 22.3 Å². The minimum atomic E-state index is -0.229. The Kier molecular flexibility index (Phi) is 4.18. The van der Waals surface area contributed by atoms with Crippen LogP contribution in [0.1, 0.15) is 25.3 Å². The highest BCUT2D eigenvalue weighted by molar-refractivity contribution is 5.88. The zero-order valence-electron chi connectivity index (χ0n) is 12.5. The van der Waals surface area contributed by atoms with E-state index >= 15 is 0 Å². The quantitative estimate of drug-likeness (QED) is 0.792. The summed E-state index contributed by atoms with van der Waals surface area (Å²) in [4.78, 5) is 11.6. The smallest absolute Gasteiger partial charge is 0.320 e. The van der Waals surface area contributed by atoms with Crippen LogP contribution in [0.5, 0.6) is 0 Å². The summed E-state index contributed by atoms with van der Waals surface area (Å²) in [5.41, 5.74) is 2.25. The molecule has 3 rings (SSSR count). The second-order valence-corrected chi connectivity index (χ2v) is 5.35. The maximum atomic E-state index is 11.6. The number of aromatic nitrogens is 2. The van der Waals surface area contributed by atoms with Crippen LogP contribution < -0.4 is 16.0 Å². The highest BCUT2D eigenvalue weighted by Crippen LogP contribution is 2.19. The van der Waals surface area contributed by atoms with Crippen LogP contribution in [0.15, 0.2) is 36.4 Å². The SMILES string of the molecule is CCc1ccc(Nc2ccc(NC(=O)NC3CC3)nn2)cc1. The van der Waals surface area contributed by atoms with E-state index in [-0.39, 0.29) is 6.03 Å². The molecule has 0 unspecified atom stereocenters. The molecule has 6 nitrogen and oxygen atoms in total. The van der Waals surface area contributed by atoms with Crippen molar-refractivity contribution in [1.29, 1.82) is 0 Å². The van der Waals surface area contributed by atoms with Gasteiger partial charge in [0.2, 0.25) is 0 Å². The van der Waals surface area contributed by atoms with Crippen LogP contribution in [0, 0.1) is 0 Å². The van der Waals surface area contributed by atoms with Gasteiger partial charge in [-0.2, -0.15) is 0 Å². The molecular weight excluding hydrogens is 278 g/mol. The average Bonchev–Trinajstić information content (AvgIpc) is 3.34. The van der Waals surface area contributed by atoms with Crippen molar-refractivity contribution in [3.8, 4) is 0 Å². The third kappa shape index (κ3) is 3.94. The Balaban J connectivity index is 1.56. The minimum absolute atomic E-state index is 0.229. The largest absolute Gasteiger partial charge is 0.339 e. The molecule has 1 aromatic carbocycles. The monoisotopic (exact) mass is 297 g/mol. The molecule has 0 atom stereocenters. The molecule has 1 aliphatic rings. The first-order valence-electron chi connectivity index (χ1n) is 7.50. The van der Waals surface area contributed by atoms with Crippen LogP contribution in [0.25, 0.3) is 0 Å². The lowest BCUT2D eigenvalue weighted by molar-refractivity contribution is 0.251. The molecule has 1 aromatic heterocycles. The number of carbonyl (C=O) groups excluding carboxylic acids is 1. The normalized spacial score (nSPS) is 13.5. The molecule has 1 fully saturated rings. The number of benzene rings is 1. The Labute approximate surface area is 129 Å². The van der Waals surface area contributed by atoms with Crippen LogP contribution in [-0.2, 0) is 6.42 Å². The number of amides is 2. The van der Waals surface area contributed by atoms with E-state index in [0.717, 1.165) is 24.9 Å². The lowest BCUT2D eigenvalue weighted by Gasteiger charge is -2.08. The molecule has 0 bridgehead atoms. The fraction of sp³-hybridized carbons (Fsp3) is 0.312. The van der Waals surface area contributed by atoms with Crippen LogP contribution in [0.3, 0.4) is 0 Å². The summed E-state index contributed by atoms with van der Waals surface area (Å²) in [5.74, 6) is 1.07. The van der Waals surface area contributed by atoms with E-state index in [1.165, 1.54) is 5.56 Å². The standard InChI is InChI=1S/C16H19N5O/c1-2-11-3-5-12(6-4-11)17-14-9-10-15(21-20-14)19-16(22)18-13-7-8-13/h3-6,9-10,13H,2,7-8H2,1H3,(H,17,20)(H2,18,19,21,22). The highest BCUT2D eigenvalue weighted by atomic mass is 16.2. The molecule has 2 amide bonds. The zero-order valence-corrected chi connectivity index (χ0v) is 12.5. The number of urea groups is 1. The summed E-state index contributed by atoms with van der Waals surface area (Å²) >= 11 is 0. The second-order valence-electron chi connectivity index (χ2n) is 5.35. The van der Waals surface area contributed by atoms with Crippen LogP contribution >= 0.6 is 0 Å². The van der Waals surface area contributed by atoms with E-state index in [2.05, 4.69) is 45.2 Å². The Bertz CT molecular complexity index is 635. The van der Waals surface area contributed by atoms with E-state index in [0.29, 0.717) is 17.7 Å². The maximum Gasteiger partial charge on any atom is 0.320 e. The number of rotatable bonds is 5. The van der Waals surface area contributed by atoms with Crippen molar-refractivity contribution in [2.45, 2.75) is 32.2 Å². The van der Waals surface area contributed by atoms with Gasteiger partial charge in [0.15, 0.2) is 11.6 Å². The van der Waals surface area contributed by atoms with E-state index in [9.17, 15) is 4.79 Å². The Morgan fingerprint density at radius 3 is 2.36 bits per heavy atom. The van der Waals surface area contributed by atoms with E-state index in [1.54, 1.807) is 12.1 Å². The van der Waals surface area contributed by atoms with Gasteiger partial charge in [0, 0.05) is 11.7 Å². The summed E-state index contributed by atoms with van der Waals surface area (Å²) in [6, 6.07) is 11.8. The molecule has 1 aliphatic carbocycles. The van der Waals surface area contributed by atoms with E-state index in [4.69, 9.17) is 0 Å². The van der Waals surface area contributed by atoms with Crippen molar-refractivity contribution in [3.05, 3.63) is 42.0 Å². The number of nitrogens with zero attached hydrogens (tertiary/aromatic N) is 2. The number of anilines is 3. The predicted octanol–water partition coefficient (Wildman–Crippen LogP) is 3.07. The number of nitrogens with one attached hydrogen (secondary N) is 3. The zero-order chi connectivity index (χ0) is 15.4. The van der Waals surface area contributed by atoms with Crippen molar-refractivity contribution in [1.82, 2.24) is 15.5 Å². The fourth-order valence-corrected chi connectivity index (χ4v) is 2.00. The van der Waals surface area contributed by atoms with Gasteiger partial charge in [-0.15, -0.1) is 10.2 Å². The fourth-order valence-electron chi connectivity index (χ4n) is 2.00. The van der Waals surface area contributed by atoms with Gasteiger partial charge in [-0.05, 0) is 49.1 Å². The lowest BCUT2D eigenvalue weighted by Crippen LogP contribution is -2.30. The van der Waals surface area contributed by atoms with Crippen molar-refractivity contribution < 1.29 is 4.79 Å². The molecule has 0 saturated heterocycles. The van der Waals surface area contributed by atoms with Gasteiger partial charge in [-0.1, -0.05) is 19.1 Å². The van der Waals surface area contributed by atoms with Crippen molar-refractivity contribution in [2.24, 2.45) is 0 Å². The predicted molar refractivity (Wildman–Crippen MR) is 86.3 cm³/mol. The molecule has 2 aromatic rings. The van der Waals surface area contributed by atoms with Gasteiger partial charge in [-0.3, -0.25) is 5.32 Å². The van der Waals surface area contributed by atoms with Crippen LogP contribution in [0.4, 0.5) is 22.1 Å². The molecule has 0 radical (unpaired) electrons. The first-order valence-corrected chi connectivity index (χ1v) is 7.50. The topological polar surface area (TPSA) is 78.9 Å². The molecule has 114 valence electrons. The molecule has 6 heteroatoms. The van der Waals surface area contributed by atoms with Crippen LogP contribution in [0.2, 0.25) is 0 Å². The van der Waals surface area contributed by atoms with Gasteiger partial charge in [0.05, 0.1) is 0 Å². The molecule has 1 saturated carbocycles. The van der Waals surface area contributed by atoms with Crippen molar-refractivity contribution >= 4 is 23.4 Å². The maximum absolute atomic E-state index is 11.6. The summed E-state index contributed by atoms with van der Waals surface area (Å²) < 4.78 is 0. The number of aryl methyl sites for hydroxylation is 1. The molecule has 0 aliphatic heterocycles. The van der Waals surface area contributed by atoms with E-state index < -0.39 is 0 Å². The Morgan fingerprint density at radius 2 is 1.77 bits per heavy atom. The van der Waals surface area contributed by atoms with Gasteiger partial charge in [0.1, 0.15) is 0 Å².